The van der Waals surface area contributed by atoms with Crippen molar-refractivity contribution in [3.8, 4) is 28.3 Å². The van der Waals surface area contributed by atoms with E-state index in [1.54, 1.807) is 23.0 Å². The summed E-state index contributed by atoms with van der Waals surface area (Å²) in [5.41, 5.74) is 5.72. The number of aromatic nitrogens is 5. The Morgan fingerprint density at radius 2 is 1.61 bits per heavy atom. The average molecular weight is 480 g/mol. The quantitative estimate of drug-likeness (QED) is 0.320. The average Bonchev–Trinajstić information content (AvgIpc) is 3.35. The molecule has 0 radical (unpaired) electrons. The van der Waals surface area contributed by atoms with Gasteiger partial charge in [0.05, 0.1) is 17.4 Å². The molecule has 180 valence electrons. The summed E-state index contributed by atoms with van der Waals surface area (Å²) < 4.78 is 15.4. The first-order valence-electron chi connectivity index (χ1n) is 11.6. The Hall–Kier alpha value is -4.59. The van der Waals surface area contributed by atoms with Crippen LogP contribution in [-0.2, 0) is 0 Å². The molecule has 36 heavy (non-hydrogen) atoms. The molecule has 0 aliphatic rings. The van der Waals surface area contributed by atoms with Gasteiger partial charge < -0.3 is 10.2 Å². The topological polar surface area (TPSA) is 71.8 Å². The molecule has 0 aliphatic carbocycles. The number of nitrogens with zero attached hydrogens (tertiary/aromatic N) is 6. The Morgan fingerprint density at radius 1 is 0.889 bits per heavy atom. The SMILES string of the molecule is CC(Nc1nccc(-c2c(-c3ccc(F)cc3)nnn2-c2ccc(N(C)C)cc2)n1)c1ccccc1. The second kappa shape index (κ2) is 9.95. The van der Waals surface area contributed by atoms with E-state index in [1.165, 1.54) is 12.1 Å². The lowest BCUT2D eigenvalue weighted by Gasteiger charge is -2.15. The Bertz CT molecular complexity index is 1450. The van der Waals surface area contributed by atoms with Crippen LogP contribution in [0.5, 0.6) is 0 Å². The van der Waals surface area contributed by atoms with Crippen molar-refractivity contribution in [3.63, 3.8) is 0 Å². The molecule has 1 unspecified atom stereocenters. The third-order valence-corrected chi connectivity index (χ3v) is 5.94. The van der Waals surface area contributed by atoms with Crippen LogP contribution in [0.15, 0.2) is 91.1 Å². The summed E-state index contributed by atoms with van der Waals surface area (Å²) in [7, 11) is 3.99. The standard InChI is InChI=1S/C28H26FN7/c1-19(20-7-5-4-6-8-20)31-28-30-18-17-25(32-28)27-26(21-9-11-22(29)12-10-21)33-34-36(27)24-15-13-23(14-16-24)35(2)3/h4-19H,1-3H3,(H,30,31,32). The zero-order valence-corrected chi connectivity index (χ0v) is 20.3. The minimum absolute atomic E-state index is 0.0135. The predicted octanol–water partition coefficient (Wildman–Crippen LogP) is 5.77. The van der Waals surface area contributed by atoms with E-state index in [2.05, 4.69) is 39.7 Å². The molecule has 1 N–H and O–H groups in total. The van der Waals surface area contributed by atoms with E-state index in [9.17, 15) is 4.39 Å². The Kier molecular flexibility index (Phi) is 6.40. The second-order valence-corrected chi connectivity index (χ2v) is 8.66. The summed E-state index contributed by atoms with van der Waals surface area (Å²) in [6.45, 7) is 2.06. The fourth-order valence-corrected chi connectivity index (χ4v) is 3.97. The molecule has 3 aromatic carbocycles. The molecule has 2 aromatic heterocycles. The van der Waals surface area contributed by atoms with Crippen LogP contribution in [0, 0.1) is 5.82 Å². The summed E-state index contributed by atoms with van der Waals surface area (Å²) in [6, 6.07) is 26.2. The predicted molar refractivity (Wildman–Crippen MR) is 141 cm³/mol. The number of rotatable bonds is 7. The number of anilines is 2. The highest BCUT2D eigenvalue weighted by Gasteiger charge is 2.20. The number of halogens is 1. The summed E-state index contributed by atoms with van der Waals surface area (Å²) in [4.78, 5) is 11.3. The van der Waals surface area contributed by atoms with Crippen molar-refractivity contribution in [3.05, 3.63) is 103 Å². The molecule has 7 nitrogen and oxygen atoms in total. The van der Waals surface area contributed by atoms with Gasteiger partial charge in [-0.05, 0) is 67.1 Å². The molecule has 8 heteroatoms. The third-order valence-electron chi connectivity index (χ3n) is 5.94. The van der Waals surface area contributed by atoms with Gasteiger partial charge in [-0.25, -0.2) is 19.0 Å². The molecule has 5 rings (SSSR count). The lowest BCUT2D eigenvalue weighted by Crippen LogP contribution is -2.10. The van der Waals surface area contributed by atoms with Gasteiger partial charge >= 0.3 is 0 Å². The first-order valence-corrected chi connectivity index (χ1v) is 11.6. The van der Waals surface area contributed by atoms with Gasteiger partial charge in [0.1, 0.15) is 17.2 Å². The highest BCUT2D eigenvalue weighted by Crippen LogP contribution is 2.32. The molecule has 2 heterocycles. The van der Waals surface area contributed by atoms with Crippen molar-refractivity contribution in [2.45, 2.75) is 13.0 Å². The van der Waals surface area contributed by atoms with Crippen LogP contribution in [0.3, 0.4) is 0 Å². The Morgan fingerprint density at radius 3 is 2.31 bits per heavy atom. The largest absolute Gasteiger partial charge is 0.378 e. The third kappa shape index (κ3) is 4.79. The van der Waals surface area contributed by atoms with E-state index >= 15 is 0 Å². The number of hydrogen-bond donors (Lipinski definition) is 1. The molecular weight excluding hydrogens is 453 g/mol. The van der Waals surface area contributed by atoms with Crippen LogP contribution in [-0.4, -0.2) is 39.1 Å². The van der Waals surface area contributed by atoms with E-state index in [4.69, 9.17) is 4.98 Å². The van der Waals surface area contributed by atoms with Crippen molar-refractivity contribution in [1.29, 1.82) is 0 Å². The zero-order chi connectivity index (χ0) is 25.1. The van der Waals surface area contributed by atoms with Crippen molar-refractivity contribution in [2.75, 3.05) is 24.3 Å². The maximum Gasteiger partial charge on any atom is 0.223 e. The number of hydrogen-bond acceptors (Lipinski definition) is 6. The molecule has 0 bridgehead atoms. The highest BCUT2D eigenvalue weighted by atomic mass is 19.1. The maximum absolute atomic E-state index is 13.6. The lowest BCUT2D eigenvalue weighted by molar-refractivity contribution is 0.628. The van der Waals surface area contributed by atoms with E-state index in [0.29, 0.717) is 23.0 Å². The Labute approximate surface area is 209 Å². The summed E-state index contributed by atoms with van der Waals surface area (Å²) in [6.07, 6.45) is 1.71. The van der Waals surface area contributed by atoms with Gasteiger partial charge in [0.25, 0.3) is 0 Å². The molecule has 0 fully saturated rings. The first-order chi connectivity index (χ1) is 17.5. The van der Waals surface area contributed by atoms with Gasteiger partial charge in [0.15, 0.2) is 0 Å². The van der Waals surface area contributed by atoms with Crippen molar-refractivity contribution in [2.24, 2.45) is 0 Å². The van der Waals surface area contributed by atoms with E-state index in [-0.39, 0.29) is 11.9 Å². The molecule has 0 aliphatic heterocycles. The summed E-state index contributed by atoms with van der Waals surface area (Å²) in [5.74, 6) is 0.181. The van der Waals surface area contributed by atoms with Crippen molar-refractivity contribution in [1.82, 2.24) is 25.0 Å². The fourth-order valence-electron chi connectivity index (χ4n) is 3.97. The van der Waals surface area contributed by atoms with Gasteiger partial charge in [-0.15, -0.1) is 5.10 Å². The van der Waals surface area contributed by atoms with E-state index in [0.717, 1.165) is 22.5 Å². The van der Waals surface area contributed by atoms with Crippen LogP contribution >= 0.6 is 0 Å². The highest BCUT2D eigenvalue weighted by molar-refractivity contribution is 5.77. The lowest BCUT2D eigenvalue weighted by atomic mass is 10.1. The zero-order valence-electron chi connectivity index (χ0n) is 20.3. The van der Waals surface area contributed by atoms with Gasteiger partial charge in [-0.3, -0.25) is 0 Å². The second-order valence-electron chi connectivity index (χ2n) is 8.66. The summed E-state index contributed by atoms with van der Waals surface area (Å²) >= 11 is 0. The molecule has 0 saturated carbocycles. The van der Waals surface area contributed by atoms with Crippen LogP contribution in [0.2, 0.25) is 0 Å². The smallest absolute Gasteiger partial charge is 0.223 e. The monoisotopic (exact) mass is 479 g/mol. The molecular formula is C28H26FN7. The minimum Gasteiger partial charge on any atom is -0.378 e. The van der Waals surface area contributed by atoms with Crippen molar-refractivity contribution >= 4 is 11.6 Å². The normalized spacial score (nSPS) is 11.8. The van der Waals surface area contributed by atoms with E-state index < -0.39 is 0 Å². The Balaban J connectivity index is 1.58. The molecule has 0 amide bonds. The number of benzene rings is 3. The van der Waals surface area contributed by atoms with E-state index in [1.807, 2.05) is 67.5 Å². The van der Waals surface area contributed by atoms with Crippen LogP contribution < -0.4 is 10.2 Å². The van der Waals surface area contributed by atoms with Gasteiger partial charge in [-0.1, -0.05) is 35.5 Å². The fraction of sp³-hybridized carbons (Fsp3) is 0.143. The van der Waals surface area contributed by atoms with Gasteiger partial charge in [0, 0.05) is 31.5 Å². The van der Waals surface area contributed by atoms with Crippen LogP contribution in [0.4, 0.5) is 16.0 Å². The minimum atomic E-state index is -0.310. The first kappa shape index (κ1) is 23.2. The summed E-state index contributed by atoms with van der Waals surface area (Å²) in [5, 5.41) is 12.3. The maximum atomic E-state index is 13.6. The van der Waals surface area contributed by atoms with Gasteiger partial charge in [0.2, 0.25) is 5.95 Å². The van der Waals surface area contributed by atoms with Crippen LogP contribution in [0.1, 0.15) is 18.5 Å². The molecule has 0 saturated heterocycles. The molecule has 5 aromatic rings. The molecule has 1 atom stereocenters. The van der Waals surface area contributed by atoms with Crippen LogP contribution in [0.25, 0.3) is 28.3 Å². The van der Waals surface area contributed by atoms with Crippen molar-refractivity contribution < 1.29 is 4.39 Å². The van der Waals surface area contributed by atoms with Gasteiger partial charge in [-0.2, -0.15) is 0 Å². The molecule has 0 spiro atoms. The number of nitrogens with one attached hydrogen (secondary N) is 1.